The second-order valence-electron chi connectivity index (χ2n) is 4.28. The number of hydrogen-bond acceptors (Lipinski definition) is 9. The third kappa shape index (κ3) is 10.7. The summed E-state index contributed by atoms with van der Waals surface area (Å²) in [4.78, 5) is 20.3. The summed E-state index contributed by atoms with van der Waals surface area (Å²) in [7, 11) is 0. The lowest BCUT2D eigenvalue weighted by Gasteiger charge is -2.21. The molecule has 9 heteroatoms. The van der Waals surface area contributed by atoms with E-state index in [2.05, 4.69) is 0 Å². The molecule has 3 unspecified atom stereocenters. The zero-order valence-corrected chi connectivity index (χ0v) is 12.3. The molecule has 3 atom stereocenters. The molecular weight excluding hydrogens is 300 g/mol. The van der Waals surface area contributed by atoms with Gasteiger partial charge in [0.15, 0.2) is 0 Å². The first kappa shape index (κ1) is 21.1. The third-order valence-electron chi connectivity index (χ3n) is 2.54. The second kappa shape index (κ2) is 15.0. The van der Waals surface area contributed by atoms with Gasteiger partial charge in [0.25, 0.3) is 0 Å². The molecule has 0 spiro atoms. The van der Waals surface area contributed by atoms with Crippen molar-refractivity contribution in [3.8, 4) is 0 Å². The Hall–Kier alpha value is -0.940. The van der Waals surface area contributed by atoms with Crippen molar-refractivity contribution in [3.05, 3.63) is 0 Å². The Balaban J connectivity index is 3.94. The number of ether oxygens (including phenoxy) is 4. The van der Waals surface area contributed by atoms with E-state index in [0.717, 1.165) is 0 Å². The minimum atomic E-state index is -0.666. The maximum Gasteiger partial charge on any atom is 0.145 e. The predicted molar refractivity (Wildman–Crippen MR) is 73.4 cm³/mol. The summed E-state index contributed by atoms with van der Waals surface area (Å²) >= 11 is 0. The highest BCUT2D eigenvalue weighted by Crippen LogP contribution is 2.00. The Morgan fingerprint density at radius 1 is 0.682 bits per heavy atom. The van der Waals surface area contributed by atoms with Crippen LogP contribution in [0.4, 0.5) is 0 Å². The maximum atomic E-state index is 10.2. The van der Waals surface area contributed by atoms with Crippen LogP contribution in [0.25, 0.3) is 0 Å². The van der Waals surface area contributed by atoms with Crippen molar-refractivity contribution in [3.63, 3.8) is 0 Å². The predicted octanol–water partition coefficient (Wildman–Crippen LogP) is -2.47. The normalized spacial score (nSPS) is 15.2. The fourth-order valence-corrected chi connectivity index (χ4v) is 1.39. The molecule has 0 aliphatic carbocycles. The van der Waals surface area contributed by atoms with Crippen molar-refractivity contribution in [1.82, 2.24) is 0 Å². The first-order chi connectivity index (χ1) is 10.7. The van der Waals surface area contributed by atoms with E-state index in [4.69, 9.17) is 34.3 Å². The van der Waals surface area contributed by atoms with E-state index in [0.29, 0.717) is 12.6 Å². The maximum absolute atomic E-state index is 10.2. The number of aldehydes is 2. The van der Waals surface area contributed by atoms with Gasteiger partial charge in [-0.1, -0.05) is 0 Å². The molecule has 0 aliphatic heterocycles. The molecule has 9 nitrogen and oxygen atoms in total. The minimum absolute atomic E-state index is 0.00992. The summed E-state index contributed by atoms with van der Waals surface area (Å²) in [6, 6.07) is 0. The Morgan fingerprint density at radius 2 is 1.09 bits per heavy atom. The summed E-state index contributed by atoms with van der Waals surface area (Å²) in [6.45, 7) is -1.17. The van der Waals surface area contributed by atoms with Crippen LogP contribution in [0.2, 0.25) is 0 Å². The lowest BCUT2D eigenvalue weighted by Crippen LogP contribution is -2.33. The molecule has 130 valence electrons. The van der Waals surface area contributed by atoms with E-state index in [-0.39, 0.29) is 52.9 Å². The summed E-state index contributed by atoms with van der Waals surface area (Å²) in [5, 5.41) is 27.2. The van der Waals surface area contributed by atoms with Crippen LogP contribution >= 0.6 is 0 Å². The third-order valence-corrected chi connectivity index (χ3v) is 2.54. The Labute approximate surface area is 128 Å². The van der Waals surface area contributed by atoms with Gasteiger partial charge >= 0.3 is 0 Å². The molecule has 0 rings (SSSR count). The fourth-order valence-electron chi connectivity index (χ4n) is 1.39. The Kier molecular flexibility index (Phi) is 14.3. The van der Waals surface area contributed by atoms with E-state index < -0.39 is 18.3 Å². The topological polar surface area (TPSA) is 132 Å². The van der Waals surface area contributed by atoms with Crippen molar-refractivity contribution in [2.45, 2.75) is 18.3 Å². The first-order valence-corrected chi connectivity index (χ1v) is 6.84. The average Bonchev–Trinajstić information content (AvgIpc) is 2.55. The number of aliphatic hydroxyl groups is 3. The van der Waals surface area contributed by atoms with E-state index in [1.165, 1.54) is 0 Å². The van der Waals surface area contributed by atoms with Crippen LogP contribution in [0, 0.1) is 0 Å². The van der Waals surface area contributed by atoms with E-state index in [9.17, 15) is 9.59 Å². The van der Waals surface area contributed by atoms with Crippen LogP contribution in [-0.2, 0) is 28.5 Å². The lowest BCUT2D eigenvalue weighted by atomic mass is 10.3. The van der Waals surface area contributed by atoms with Gasteiger partial charge in [-0.15, -0.1) is 0 Å². The van der Waals surface area contributed by atoms with Gasteiger partial charge < -0.3 is 43.9 Å². The zero-order chi connectivity index (χ0) is 16.6. The van der Waals surface area contributed by atoms with Crippen molar-refractivity contribution in [2.75, 3.05) is 52.9 Å². The molecule has 0 amide bonds. The highest BCUT2D eigenvalue weighted by Gasteiger charge is 2.15. The van der Waals surface area contributed by atoms with E-state index >= 15 is 0 Å². The average molecular weight is 324 g/mol. The summed E-state index contributed by atoms with van der Waals surface area (Å²) in [5.41, 5.74) is 0. The van der Waals surface area contributed by atoms with Gasteiger partial charge in [-0.25, -0.2) is 0 Å². The van der Waals surface area contributed by atoms with Gasteiger partial charge in [-0.05, 0) is 0 Å². The molecule has 0 aromatic rings. The number of hydrogen-bond donors (Lipinski definition) is 3. The fraction of sp³-hybridized carbons (Fsp3) is 0.846. The van der Waals surface area contributed by atoms with Crippen LogP contribution < -0.4 is 0 Å². The molecule has 0 bridgehead atoms. The van der Waals surface area contributed by atoms with Crippen molar-refractivity contribution in [1.29, 1.82) is 0 Å². The molecule has 0 saturated carbocycles. The van der Waals surface area contributed by atoms with Crippen LogP contribution in [0.1, 0.15) is 0 Å². The quantitative estimate of drug-likeness (QED) is 0.264. The molecule has 0 saturated heterocycles. The number of carbonyl (C=O) groups excluding carboxylic acids is 2. The monoisotopic (exact) mass is 324 g/mol. The first-order valence-electron chi connectivity index (χ1n) is 6.84. The minimum Gasteiger partial charge on any atom is -0.394 e. The van der Waals surface area contributed by atoms with Crippen LogP contribution in [0.15, 0.2) is 0 Å². The summed E-state index contributed by atoms with van der Waals surface area (Å²) in [6.07, 6.45) is -0.828. The van der Waals surface area contributed by atoms with E-state index in [1.54, 1.807) is 0 Å². The van der Waals surface area contributed by atoms with Crippen LogP contribution in [-0.4, -0.2) is 99.1 Å². The van der Waals surface area contributed by atoms with Gasteiger partial charge in [-0.3, -0.25) is 0 Å². The second-order valence-corrected chi connectivity index (χ2v) is 4.28. The molecular formula is C13H24O9. The van der Waals surface area contributed by atoms with Gasteiger partial charge in [0.05, 0.1) is 39.6 Å². The Morgan fingerprint density at radius 3 is 1.50 bits per heavy atom. The smallest absolute Gasteiger partial charge is 0.145 e. The van der Waals surface area contributed by atoms with Crippen molar-refractivity contribution in [2.24, 2.45) is 0 Å². The number of aliphatic hydroxyl groups excluding tert-OH is 3. The SMILES string of the molecule is O=CCOC(CO)COCC(CO)OCC(CO)OCC=O. The zero-order valence-electron chi connectivity index (χ0n) is 12.3. The summed E-state index contributed by atoms with van der Waals surface area (Å²) < 4.78 is 20.5. The largest absolute Gasteiger partial charge is 0.394 e. The molecule has 0 aromatic heterocycles. The molecule has 0 radical (unpaired) electrons. The van der Waals surface area contributed by atoms with Crippen LogP contribution in [0.5, 0.6) is 0 Å². The van der Waals surface area contributed by atoms with E-state index in [1.807, 2.05) is 0 Å². The van der Waals surface area contributed by atoms with Gasteiger partial charge in [-0.2, -0.15) is 0 Å². The summed E-state index contributed by atoms with van der Waals surface area (Å²) in [5.74, 6) is 0. The number of carbonyl (C=O) groups is 2. The highest BCUT2D eigenvalue weighted by atomic mass is 16.6. The Bertz CT molecular complexity index is 274. The van der Waals surface area contributed by atoms with Gasteiger partial charge in [0.1, 0.15) is 44.1 Å². The van der Waals surface area contributed by atoms with Gasteiger partial charge in [0.2, 0.25) is 0 Å². The number of rotatable bonds is 16. The molecule has 0 aromatic carbocycles. The molecule has 0 aliphatic rings. The standard InChI is InChI=1S/C13H24O9/c14-1-3-20-11(5-16)8-19-9-12(6-17)22-10-13(7-18)21-4-2-15/h1-2,11-13,16-18H,3-10H2. The van der Waals surface area contributed by atoms with Crippen molar-refractivity contribution >= 4 is 12.6 Å². The molecule has 0 fully saturated rings. The van der Waals surface area contributed by atoms with Crippen molar-refractivity contribution < 1.29 is 43.9 Å². The lowest BCUT2D eigenvalue weighted by molar-refractivity contribution is -0.125. The van der Waals surface area contributed by atoms with Gasteiger partial charge in [0, 0.05) is 0 Å². The van der Waals surface area contributed by atoms with Crippen LogP contribution in [0.3, 0.4) is 0 Å². The molecule has 22 heavy (non-hydrogen) atoms. The molecule has 0 heterocycles. The highest BCUT2D eigenvalue weighted by molar-refractivity contribution is 5.50. The molecule has 3 N–H and O–H groups in total.